The topological polar surface area (TPSA) is 24.9 Å². The number of aryl methyl sites for hydroxylation is 1. The molecule has 0 saturated carbocycles. The fourth-order valence-corrected chi connectivity index (χ4v) is 3.92. The van der Waals surface area contributed by atoms with Gasteiger partial charge in [0.15, 0.2) is 0 Å². The number of hydrogen-bond donors (Lipinski definition) is 1. The van der Waals surface area contributed by atoms with E-state index in [0.717, 1.165) is 31.0 Å². The molecule has 2 aromatic rings. The first kappa shape index (κ1) is 13.1. The van der Waals surface area contributed by atoms with Crippen LogP contribution >= 0.6 is 34.4 Å². The van der Waals surface area contributed by atoms with E-state index in [4.69, 9.17) is 0 Å². The van der Waals surface area contributed by atoms with E-state index in [1.807, 2.05) is 18.7 Å². The van der Waals surface area contributed by atoms with Crippen LogP contribution in [0.5, 0.6) is 0 Å². The van der Waals surface area contributed by atoms with Crippen molar-refractivity contribution in [3.8, 4) is 0 Å². The molecular weight excluding hydrogens is 268 g/mol. The summed E-state index contributed by atoms with van der Waals surface area (Å²) in [5, 5.41) is 9.92. The second kappa shape index (κ2) is 7.16. The van der Waals surface area contributed by atoms with Crippen LogP contribution in [0.25, 0.3) is 0 Å². The monoisotopic (exact) mass is 284 g/mol. The van der Waals surface area contributed by atoms with Gasteiger partial charge in [0.05, 0.1) is 0 Å². The third kappa shape index (κ3) is 4.79. The number of thiophene rings is 1. The Morgan fingerprint density at radius 1 is 1.35 bits per heavy atom. The quantitative estimate of drug-likeness (QED) is 0.623. The van der Waals surface area contributed by atoms with Gasteiger partial charge in [-0.2, -0.15) is 11.3 Å². The fraction of sp³-hybridized carbons (Fsp3) is 0.417. The standard InChI is InChI=1S/C12H16N2S3/c1-10-8-17-12(14-10)16-7-5-13-4-2-11-3-6-15-9-11/h3,6,8-9,13H,2,4-5,7H2,1H3. The molecule has 0 aliphatic rings. The molecule has 0 amide bonds. The van der Waals surface area contributed by atoms with Gasteiger partial charge in [-0.25, -0.2) is 4.98 Å². The predicted octanol–water partition coefficient (Wildman–Crippen LogP) is 3.44. The van der Waals surface area contributed by atoms with Crippen molar-refractivity contribution in [2.75, 3.05) is 18.8 Å². The van der Waals surface area contributed by atoms with Gasteiger partial charge in [0.25, 0.3) is 0 Å². The highest BCUT2D eigenvalue weighted by atomic mass is 32.2. The maximum absolute atomic E-state index is 4.42. The number of nitrogens with one attached hydrogen (secondary N) is 1. The molecule has 17 heavy (non-hydrogen) atoms. The molecule has 92 valence electrons. The highest BCUT2D eigenvalue weighted by molar-refractivity contribution is 8.01. The Morgan fingerprint density at radius 2 is 2.29 bits per heavy atom. The number of rotatable bonds is 7. The zero-order chi connectivity index (χ0) is 11.9. The highest BCUT2D eigenvalue weighted by Crippen LogP contribution is 2.21. The van der Waals surface area contributed by atoms with E-state index >= 15 is 0 Å². The molecule has 0 unspecified atom stereocenters. The Bertz CT molecular complexity index is 423. The molecule has 0 radical (unpaired) electrons. The van der Waals surface area contributed by atoms with Gasteiger partial charge in [-0.3, -0.25) is 0 Å². The van der Waals surface area contributed by atoms with Crippen molar-refractivity contribution in [1.29, 1.82) is 0 Å². The molecule has 0 atom stereocenters. The van der Waals surface area contributed by atoms with Gasteiger partial charge in [0.2, 0.25) is 0 Å². The SMILES string of the molecule is Cc1csc(SCCNCCc2ccsc2)n1. The third-order valence-corrected chi connectivity index (χ3v) is 5.15. The minimum absolute atomic E-state index is 1.05. The molecule has 2 heterocycles. The highest BCUT2D eigenvalue weighted by Gasteiger charge is 1.98. The lowest BCUT2D eigenvalue weighted by Crippen LogP contribution is -2.19. The summed E-state index contributed by atoms with van der Waals surface area (Å²) in [6, 6.07) is 2.19. The van der Waals surface area contributed by atoms with E-state index in [-0.39, 0.29) is 0 Å². The molecule has 0 spiro atoms. The zero-order valence-corrected chi connectivity index (χ0v) is 12.3. The summed E-state index contributed by atoms with van der Waals surface area (Å²) >= 11 is 5.34. The van der Waals surface area contributed by atoms with Crippen molar-refractivity contribution in [3.63, 3.8) is 0 Å². The lowest BCUT2D eigenvalue weighted by Gasteiger charge is -2.02. The first-order valence-corrected chi connectivity index (χ1v) is 8.42. The Balaban J connectivity index is 1.52. The number of hydrogen-bond acceptors (Lipinski definition) is 5. The lowest BCUT2D eigenvalue weighted by molar-refractivity contribution is 0.722. The molecule has 0 aliphatic carbocycles. The summed E-state index contributed by atoms with van der Waals surface area (Å²) in [4.78, 5) is 4.42. The number of thiazole rings is 1. The fourth-order valence-electron chi connectivity index (χ4n) is 1.40. The van der Waals surface area contributed by atoms with Crippen LogP contribution in [-0.4, -0.2) is 23.8 Å². The third-order valence-electron chi connectivity index (χ3n) is 2.27. The lowest BCUT2D eigenvalue weighted by atomic mass is 10.2. The Labute approximate surface area is 114 Å². The largest absolute Gasteiger partial charge is 0.316 e. The van der Waals surface area contributed by atoms with Crippen LogP contribution in [0.3, 0.4) is 0 Å². The summed E-state index contributed by atoms with van der Waals surface area (Å²) < 4.78 is 1.18. The first-order chi connectivity index (χ1) is 8.34. The predicted molar refractivity (Wildman–Crippen MR) is 78.5 cm³/mol. The van der Waals surface area contributed by atoms with Gasteiger partial charge in [-0.1, -0.05) is 11.8 Å². The van der Waals surface area contributed by atoms with Gasteiger partial charge in [0.1, 0.15) is 4.34 Å². The number of aromatic nitrogens is 1. The zero-order valence-electron chi connectivity index (χ0n) is 9.81. The summed E-state index contributed by atoms with van der Waals surface area (Å²) in [6.45, 7) is 4.15. The second-order valence-electron chi connectivity index (χ2n) is 3.73. The molecule has 0 saturated heterocycles. The van der Waals surface area contributed by atoms with Crippen molar-refractivity contribution < 1.29 is 0 Å². The van der Waals surface area contributed by atoms with Gasteiger partial charge < -0.3 is 5.32 Å². The molecule has 0 aliphatic heterocycles. The maximum atomic E-state index is 4.42. The van der Waals surface area contributed by atoms with Gasteiger partial charge in [-0.15, -0.1) is 11.3 Å². The van der Waals surface area contributed by atoms with Crippen LogP contribution in [0, 0.1) is 6.92 Å². The molecule has 0 bridgehead atoms. The molecular formula is C12H16N2S3. The van der Waals surface area contributed by atoms with Gasteiger partial charge in [0, 0.05) is 23.4 Å². The molecule has 0 aromatic carbocycles. The molecule has 2 nitrogen and oxygen atoms in total. The summed E-state index contributed by atoms with van der Waals surface area (Å²) in [7, 11) is 0. The van der Waals surface area contributed by atoms with Crippen molar-refractivity contribution >= 4 is 34.4 Å². The van der Waals surface area contributed by atoms with E-state index in [1.54, 1.807) is 22.7 Å². The minimum Gasteiger partial charge on any atom is -0.316 e. The van der Waals surface area contributed by atoms with Crippen LogP contribution in [0.2, 0.25) is 0 Å². The van der Waals surface area contributed by atoms with Crippen molar-refractivity contribution in [1.82, 2.24) is 10.3 Å². The van der Waals surface area contributed by atoms with E-state index in [9.17, 15) is 0 Å². The minimum atomic E-state index is 1.05. The molecule has 1 N–H and O–H groups in total. The summed E-state index contributed by atoms with van der Waals surface area (Å²) in [5.74, 6) is 1.09. The molecule has 5 heteroatoms. The molecule has 0 fully saturated rings. The normalized spacial score (nSPS) is 10.9. The summed E-state index contributed by atoms with van der Waals surface area (Å²) in [6.07, 6.45) is 1.13. The van der Waals surface area contributed by atoms with E-state index in [0.29, 0.717) is 0 Å². The van der Waals surface area contributed by atoms with Crippen LogP contribution < -0.4 is 5.32 Å². The Kier molecular flexibility index (Phi) is 5.51. The van der Waals surface area contributed by atoms with Crippen LogP contribution in [0.15, 0.2) is 26.5 Å². The van der Waals surface area contributed by atoms with E-state index in [2.05, 4.69) is 32.5 Å². The average Bonchev–Trinajstić information content (AvgIpc) is 2.95. The van der Waals surface area contributed by atoms with Crippen LogP contribution in [0.4, 0.5) is 0 Å². The van der Waals surface area contributed by atoms with Gasteiger partial charge in [-0.05, 0) is 42.3 Å². The van der Waals surface area contributed by atoms with E-state index < -0.39 is 0 Å². The maximum Gasteiger partial charge on any atom is 0.150 e. The van der Waals surface area contributed by atoms with Gasteiger partial charge >= 0.3 is 0 Å². The molecule has 2 aromatic heterocycles. The van der Waals surface area contributed by atoms with Crippen LogP contribution in [-0.2, 0) is 6.42 Å². The molecule has 2 rings (SSSR count). The van der Waals surface area contributed by atoms with Crippen LogP contribution in [0.1, 0.15) is 11.3 Å². The Hall–Kier alpha value is -0.360. The Morgan fingerprint density at radius 3 is 3.00 bits per heavy atom. The number of thioether (sulfide) groups is 1. The van der Waals surface area contributed by atoms with E-state index in [1.165, 1.54) is 9.90 Å². The van der Waals surface area contributed by atoms with Crippen molar-refractivity contribution in [2.24, 2.45) is 0 Å². The first-order valence-electron chi connectivity index (χ1n) is 5.61. The number of nitrogens with zero attached hydrogens (tertiary/aromatic N) is 1. The van der Waals surface area contributed by atoms with Crippen molar-refractivity contribution in [2.45, 2.75) is 17.7 Å². The summed E-state index contributed by atoms with van der Waals surface area (Å²) in [5.41, 5.74) is 2.56. The van der Waals surface area contributed by atoms with Crippen molar-refractivity contribution in [3.05, 3.63) is 33.5 Å². The smallest absolute Gasteiger partial charge is 0.150 e. The second-order valence-corrected chi connectivity index (χ2v) is 6.72. The average molecular weight is 284 g/mol.